The minimum absolute atomic E-state index is 0.303. The van der Waals surface area contributed by atoms with Gasteiger partial charge in [-0.2, -0.15) is 5.10 Å². The van der Waals surface area contributed by atoms with E-state index in [0.717, 1.165) is 22.6 Å². The molecule has 1 aromatic heterocycles. The van der Waals surface area contributed by atoms with Crippen molar-refractivity contribution >= 4 is 17.1 Å². The molecule has 0 fully saturated rings. The highest BCUT2D eigenvalue weighted by Gasteiger charge is 2.21. The molecule has 0 aliphatic carbocycles. The van der Waals surface area contributed by atoms with Crippen LogP contribution in [0.15, 0.2) is 55.7 Å². The number of rotatable bonds is 9. The van der Waals surface area contributed by atoms with E-state index in [2.05, 4.69) is 38.9 Å². The second-order valence-electron chi connectivity index (χ2n) is 5.74. The predicted octanol–water partition coefficient (Wildman–Crippen LogP) is 4.84. The third-order valence-electron chi connectivity index (χ3n) is 3.96. The molecule has 0 spiro atoms. The Balaban J connectivity index is 3.47. The minimum atomic E-state index is 0.303. The van der Waals surface area contributed by atoms with Gasteiger partial charge in [0.2, 0.25) is 0 Å². The second-order valence-corrected chi connectivity index (χ2v) is 5.74. The van der Waals surface area contributed by atoms with E-state index in [0.29, 0.717) is 18.2 Å². The summed E-state index contributed by atoms with van der Waals surface area (Å²) in [4.78, 5) is 0. The van der Waals surface area contributed by atoms with Gasteiger partial charge in [-0.15, -0.1) is 0 Å². The van der Waals surface area contributed by atoms with Crippen LogP contribution < -0.4 is 5.32 Å². The van der Waals surface area contributed by atoms with Gasteiger partial charge in [0.15, 0.2) is 0 Å². The molecule has 2 N–H and O–H groups in total. The van der Waals surface area contributed by atoms with Crippen LogP contribution in [0.4, 0.5) is 5.82 Å². The van der Waals surface area contributed by atoms with E-state index in [1.165, 1.54) is 5.57 Å². The first-order valence-electron chi connectivity index (χ1n) is 8.00. The van der Waals surface area contributed by atoms with E-state index in [1.807, 2.05) is 23.9 Å². The van der Waals surface area contributed by atoms with Crippen molar-refractivity contribution in [2.75, 3.05) is 12.4 Å². The first-order chi connectivity index (χ1) is 11.4. The smallest absolute Gasteiger partial charge is 0.133 e. The predicted molar refractivity (Wildman–Crippen MR) is 106 cm³/mol. The molecule has 0 aliphatic rings. The highest BCUT2D eigenvalue weighted by atomic mass is 15.3. The molecule has 0 saturated heterocycles. The first kappa shape index (κ1) is 19.4. The van der Waals surface area contributed by atoms with E-state index >= 15 is 0 Å². The molecule has 1 rings (SSSR count). The van der Waals surface area contributed by atoms with Crippen molar-refractivity contribution in [1.29, 1.82) is 5.41 Å². The zero-order chi connectivity index (χ0) is 18.3. The van der Waals surface area contributed by atoms with Gasteiger partial charge in [0.1, 0.15) is 11.5 Å². The zero-order valence-electron chi connectivity index (χ0n) is 15.2. The Bertz CT molecular complexity index is 701. The van der Waals surface area contributed by atoms with E-state index < -0.39 is 0 Å². The van der Waals surface area contributed by atoms with Gasteiger partial charge in [-0.05, 0) is 19.8 Å². The molecular formula is C20H28N4. The summed E-state index contributed by atoms with van der Waals surface area (Å²) in [5.74, 6) is 1.14. The molecule has 0 radical (unpaired) electrons. The normalized spacial score (nSPS) is 13.3. The van der Waals surface area contributed by atoms with Gasteiger partial charge in [0.05, 0.1) is 5.56 Å². The van der Waals surface area contributed by atoms with Crippen molar-refractivity contribution in [2.45, 2.75) is 27.3 Å². The number of nitrogens with one attached hydrogen (secondary N) is 2. The van der Waals surface area contributed by atoms with Crippen LogP contribution in [0.1, 0.15) is 32.0 Å². The maximum atomic E-state index is 8.16. The summed E-state index contributed by atoms with van der Waals surface area (Å²) in [6.07, 6.45) is 9.13. The van der Waals surface area contributed by atoms with Crippen molar-refractivity contribution in [1.82, 2.24) is 9.78 Å². The maximum Gasteiger partial charge on any atom is 0.133 e. The van der Waals surface area contributed by atoms with Crippen molar-refractivity contribution in [3.8, 4) is 0 Å². The molecule has 4 heteroatoms. The lowest BCUT2D eigenvalue weighted by molar-refractivity contribution is 0.505. The van der Waals surface area contributed by atoms with Crippen LogP contribution in [0.5, 0.6) is 0 Å². The van der Waals surface area contributed by atoms with Gasteiger partial charge in [-0.1, -0.05) is 62.6 Å². The van der Waals surface area contributed by atoms with E-state index in [-0.39, 0.29) is 0 Å². The number of allylic oxidation sites excluding steroid dienone is 7. The molecule has 128 valence electrons. The van der Waals surface area contributed by atoms with Crippen LogP contribution >= 0.6 is 0 Å². The van der Waals surface area contributed by atoms with Gasteiger partial charge >= 0.3 is 0 Å². The topological polar surface area (TPSA) is 53.7 Å². The largest absolute Gasteiger partial charge is 0.373 e. The number of nitrogens with zero attached hydrogens (tertiary/aromatic N) is 2. The van der Waals surface area contributed by atoms with Crippen LogP contribution in [0.2, 0.25) is 0 Å². The average molecular weight is 324 g/mol. The maximum absolute atomic E-state index is 8.16. The summed E-state index contributed by atoms with van der Waals surface area (Å²) >= 11 is 0. The summed E-state index contributed by atoms with van der Waals surface area (Å²) in [5, 5.41) is 16.1. The Kier molecular flexibility index (Phi) is 7.18. The number of aromatic nitrogens is 2. The third-order valence-corrected chi connectivity index (χ3v) is 3.96. The van der Waals surface area contributed by atoms with Crippen molar-refractivity contribution in [2.24, 2.45) is 5.92 Å². The highest BCUT2D eigenvalue weighted by molar-refractivity contribution is 6.05. The summed E-state index contributed by atoms with van der Waals surface area (Å²) < 4.78 is 1.92. The second kappa shape index (κ2) is 8.87. The van der Waals surface area contributed by atoms with Gasteiger partial charge in [0.25, 0.3) is 0 Å². The lowest BCUT2D eigenvalue weighted by atomic mass is 10.0. The molecule has 0 saturated carbocycles. The first-order valence-corrected chi connectivity index (χ1v) is 8.00. The Morgan fingerprint density at radius 3 is 2.33 bits per heavy atom. The molecule has 1 heterocycles. The zero-order valence-corrected chi connectivity index (χ0v) is 15.2. The molecular weight excluding hydrogens is 296 g/mol. The molecule has 0 aromatic carbocycles. The summed E-state index contributed by atoms with van der Waals surface area (Å²) in [5.41, 5.74) is 4.10. The van der Waals surface area contributed by atoms with E-state index in [9.17, 15) is 0 Å². The molecule has 1 unspecified atom stereocenters. The standard InChI is InChI=1S/C20H28N4/c1-8-11-14(4)15(5)13-24-20(22-7)18(16(6)21)19(23-24)17(10-3)12-9-2/h8-12,15,21-22H,1-3,13H2,4-7H3/b14-11+,17-12+,21-16?. The quantitative estimate of drug-likeness (QED) is 0.504. The molecule has 0 aliphatic heterocycles. The Labute approximate surface area is 145 Å². The summed E-state index contributed by atoms with van der Waals surface area (Å²) in [7, 11) is 1.85. The van der Waals surface area contributed by atoms with E-state index in [4.69, 9.17) is 10.5 Å². The summed E-state index contributed by atoms with van der Waals surface area (Å²) in [6.45, 7) is 18.1. The molecule has 4 nitrogen and oxygen atoms in total. The van der Waals surface area contributed by atoms with Gasteiger partial charge in [-0.3, -0.25) is 0 Å². The molecule has 0 bridgehead atoms. The number of hydrogen-bond acceptors (Lipinski definition) is 3. The fourth-order valence-electron chi connectivity index (χ4n) is 2.53. The van der Waals surface area contributed by atoms with Crippen molar-refractivity contribution in [3.05, 3.63) is 66.9 Å². The van der Waals surface area contributed by atoms with Crippen LogP contribution in [-0.4, -0.2) is 22.5 Å². The van der Waals surface area contributed by atoms with Crippen LogP contribution in [0, 0.1) is 11.3 Å². The van der Waals surface area contributed by atoms with Gasteiger partial charge in [0, 0.05) is 24.9 Å². The lowest BCUT2D eigenvalue weighted by Gasteiger charge is -2.15. The average Bonchev–Trinajstić information content (AvgIpc) is 2.90. The third kappa shape index (κ3) is 4.22. The number of hydrogen-bond donors (Lipinski definition) is 2. The summed E-state index contributed by atoms with van der Waals surface area (Å²) in [6, 6.07) is 0. The Hall–Kier alpha value is -2.62. The molecule has 1 atom stereocenters. The fourth-order valence-corrected chi connectivity index (χ4v) is 2.53. The van der Waals surface area contributed by atoms with E-state index in [1.54, 1.807) is 25.2 Å². The Morgan fingerprint density at radius 1 is 1.25 bits per heavy atom. The fraction of sp³-hybridized carbons (Fsp3) is 0.300. The van der Waals surface area contributed by atoms with Crippen LogP contribution in [0.25, 0.3) is 5.57 Å². The molecule has 1 aromatic rings. The van der Waals surface area contributed by atoms with Crippen LogP contribution in [0.3, 0.4) is 0 Å². The van der Waals surface area contributed by atoms with Crippen molar-refractivity contribution in [3.63, 3.8) is 0 Å². The molecule has 0 amide bonds. The minimum Gasteiger partial charge on any atom is -0.373 e. The van der Waals surface area contributed by atoms with Gasteiger partial charge in [-0.25, -0.2) is 4.68 Å². The van der Waals surface area contributed by atoms with Crippen molar-refractivity contribution < 1.29 is 0 Å². The molecule has 24 heavy (non-hydrogen) atoms. The SMILES string of the molecule is C=C/C=C(\C=C)c1nn(CC(C)/C(C)=C/C=C)c(NC)c1C(C)=N. The highest BCUT2D eigenvalue weighted by Crippen LogP contribution is 2.28. The van der Waals surface area contributed by atoms with Crippen LogP contribution in [-0.2, 0) is 6.54 Å². The Morgan fingerprint density at radius 2 is 1.88 bits per heavy atom. The number of anilines is 1. The lowest BCUT2D eigenvalue weighted by Crippen LogP contribution is -2.13. The monoisotopic (exact) mass is 324 g/mol. The van der Waals surface area contributed by atoms with Gasteiger partial charge < -0.3 is 10.7 Å².